The van der Waals surface area contributed by atoms with Gasteiger partial charge in [-0.25, -0.2) is 4.68 Å². The van der Waals surface area contributed by atoms with Gasteiger partial charge in [0.25, 0.3) is 0 Å². The summed E-state index contributed by atoms with van der Waals surface area (Å²) in [6.07, 6.45) is 1.68. The average Bonchev–Trinajstić information content (AvgIpc) is 2.98. The molecule has 3 aromatic rings. The largest absolute Gasteiger partial charge is 0.339 e. The van der Waals surface area contributed by atoms with Crippen LogP contribution < -0.4 is 10.6 Å². The highest BCUT2D eigenvalue weighted by Crippen LogP contribution is 2.20. The topological polar surface area (TPSA) is 84.7 Å². The third-order valence-corrected chi connectivity index (χ3v) is 5.30. The molecule has 7 heteroatoms. The molecule has 0 bridgehead atoms. The second-order valence-corrected chi connectivity index (χ2v) is 7.19. The van der Waals surface area contributed by atoms with Gasteiger partial charge in [0, 0.05) is 23.0 Å². The van der Waals surface area contributed by atoms with Crippen LogP contribution in [0.2, 0.25) is 0 Å². The highest BCUT2D eigenvalue weighted by atomic mass is 16.1. The zero-order chi connectivity index (χ0) is 21.0. The first-order valence-electron chi connectivity index (χ1n) is 9.97. The Morgan fingerprint density at radius 1 is 0.966 bits per heavy atom. The molecule has 0 aliphatic rings. The van der Waals surface area contributed by atoms with E-state index in [0.29, 0.717) is 11.6 Å². The highest BCUT2D eigenvalue weighted by molar-refractivity contribution is 5.92. The monoisotopic (exact) mass is 392 g/mol. The van der Waals surface area contributed by atoms with Crippen molar-refractivity contribution in [3.05, 3.63) is 53.3 Å². The highest BCUT2D eigenvalue weighted by Gasteiger charge is 2.14. The Balaban J connectivity index is 1.66. The number of anilines is 3. The average molecular weight is 393 g/mol. The van der Waals surface area contributed by atoms with E-state index < -0.39 is 0 Å². The van der Waals surface area contributed by atoms with Crippen LogP contribution in [0.1, 0.15) is 43.6 Å². The van der Waals surface area contributed by atoms with E-state index in [9.17, 15) is 4.79 Å². The molecule has 1 amide bonds. The molecule has 2 heterocycles. The number of hydrogen-bond donors (Lipinski definition) is 2. The van der Waals surface area contributed by atoms with E-state index in [1.807, 2.05) is 71.0 Å². The van der Waals surface area contributed by atoms with Gasteiger partial charge in [-0.2, -0.15) is 5.10 Å². The summed E-state index contributed by atoms with van der Waals surface area (Å²) in [5.41, 5.74) is 4.86. The van der Waals surface area contributed by atoms with Crippen LogP contribution in [0.15, 0.2) is 36.4 Å². The fraction of sp³-hybridized carbons (Fsp3) is 0.364. The molecule has 0 spiro atoms. The zero-order valence-corrected chi connectivity index (χ0v) is 17.7. The first-order chi connectivity index (χ1) is 13.9. The summed E-state index contributed by atoms with van der Waals surface area (Å²) in [7, 11) is 0. The van der Waals surface area contributed by atoms with Gasteiger partial charge in [-0.1, -0.05) is 13.8 Å². The summed E-state index contributed by atoms with van der Waals surface area (Å²) in [6.45, 7) is 10.1. The molecule has 0 radical (unpaired) electrons. The minimum Gasteiger partial charge on any atom is -0.339 e. The second-order valence-electron chi connectivity index (χ2n) is 7.19. The molecule has 0 aliphatic heterocycles. The van der Waals surface area contributed by atoms with Crippen LogP contribution in [-0.4, -0.2) is 25.9 Å². The molecule has 0 fully saturated rings. The molecule has 0 aliphatic carbocycles. The smallest absolute Gasteiger partial charge is 0.227 e. The Morgan fingerprint density at radius 3 is 2.14 bits per heavy atom. The van der Waals surface area contributed by atoms with Crippen LogP contribution >= 0.6 is 0 Å². The maximum Gasteiger partial charge on any atom is 0.227 e. The quantitative estimate of drug-likeness (QED) is 0.608. The lowest BCUT2D eigenvalue weighted by atomic mass is 10.0. The summed E-state index contributed by atoms with van der Waals surface area (Å²) in [6, 6.07) is 11.3. The molecule has 2 aromatic heterocycles. The summed E-state index contributed by atoms with van der Waals surface area (Å²) < 4.78 is 1.80. The van der Waals surface area contributed by atoms with E-state index in [1.54, 1.807) is 4.68 Å². The van der Waals surface area contributed by atoms with Crippen molar-refractivity contribution in [1.82, 2.24) is 20.0 Å². The number of amides is 1. The Hall–Kier alpha value is -3.22. The lowest BCUT2D eigenvalue weighted by Gasteiger charge is -2.13. The fourth-order valence-electron chi connectivity index (χ4n) is 3.14. The summed E-state index contributed by atoms with van der Waals surface area (Å²) in [5.74, 6) is 1.44. The first kappa shape index (κ1) is 20.5. The van der Waals surface area contributed by atoms with Crippen molar-refractivity contribution in [2.75, 3.05) is 10.6 Å². The van der Waals surface area contributed by atoms with Crippen LogP contribution in [-0.2, 0) is 4.79 Å². The molecule has 2 N–H and O–H groups in total. The molecule has 29 heavy (non-hydrogen) atoms. The van der Waals surface area contributed by atoms with E-state index >= 15 is 0 Å². The number of nitrogens with zero attached hydrogens (tertiary/aromatic N) is 4. The number of rotatable bonds is 7. The predicted molar refractivity (Wildman–Crippen MR) is 116 cm³/mol. The lowest BCUT2D eigenvalue weighted by molar-refractivity contribution is -0.120. The van der Waals surface area contributed by atoms with Gasteiger partial charge in [-0.3, -0.25) is 4.79 Å². The third-order valence-electron chi connectivity index (χ3n) is 5.30. The SMILES string of the molecule is CCC(CC)C(=O)Nc1ccc(Nc2ccc(-n3nc(C)c(C)c3C)nn2)cc1. The predicted octanol–water partition coefficient (Wildman–Crippen LogP) is 4.71. The van der Waals surface area contributed by atoms with Gasteiger partial charge in [-0.05, 0) is 75.6 Å². The van der Waals surface area contributed by atoms with Gasteiger partial charge < -0.3 is 10.6 Å². The fourth-order valence-corrected chi connectivity index (χ4v) is 3.14. The minimum atomic E-state index is 0.0487. The number of hydrogen-bond acceptors (Lipinski definition) is 5. The van der Waals surface area contributed by atoms with Crippen molar-refractivity contribution in [2.45, 2.75) is 47.5 Å². The van der Waals surface area contributed by atoms with Gasteiger partial charge in [0.1, 0.15) is 0 Å². The molecule has 0 unspecified atom stereocenters. The van der Waals surface area contributed by atoms with Crippen LogP contribution in [0.3, 0.4) is 0 Å². The first-order valence-corrected chi connectivity index (χ1v) is 9.97. The van der Waals surface area contributed by atoms with Crippen molar-refractivity contribution >= 4 is 23.1 Å². The Bertz CT molecular complexity index is 972. The lowest BCUT2D eigenvalue weighted by Crippen LogP contribution is -2.21. The van der Waals surface area contributed by atoms with Gasteiger partial charge in [0.2, 0.25) is 5.91 Å². The van der Waals surface area contributed by atoms with Crippen molar-refractivity contribution in [3.63, 3.8) is 0 Å². The number of aromatic nitrogens is 4. The van der Waals surface area contributed by atoms with E-state index in [2.05, 4.69) is 25.9 Å². The Morgan fingerprint density at radius 2 is 1.62 bits per heavy atom. The number of carbonyl (C=O) groups excluding carboxylic acids is 1. The standard InChI is InChI=1S/C22H28N6O/c1-6-17(7-2)22(29)24-19-10-8-18(9-11-19)23-20-12-13-21(26-25-20)28-16(5)14(3)15(4)27-28/h8-13,17H,6-7H2,1-5H3,(H,23,25)(H,24,29). The Kier molecular flexibility index (Phi) is 6.26. The van der Waals surface area contributed by atoms with E-state index in [1.165, 1.54) is 0 Å². The molecule has 0 saturated carbocycles. The maximum absolute atomic E-state index is 12.2. The number of aryl methyl sites for hydroxylation is 1. The molecule has 7 nitrogen and oxygen atoms in total. The van der Waals surface area contributed by atoms with Gasteiger partial charge in [0.05, 0.1) is 5.69 Å². The molecular weight excluding hydrogens is 364 g/mol. The molecule has 0 saturated heterocycles. The van der Waals surface area contributed by atoms with E-state index in [-0.39, 0.29) is 11.8 Å². The third kappa shape index (κ3) is 4.62. The second kappa shape index (κ2) is 8.86. The van der Waals surface area contributed by atoms with Crippen LogP contribution in [0.4, 0.5) is 17.2 Å². The maximum atomic E-state index is 12.2. The molecule has 3 rings (SSSR count). The number of carbonyl (C=O) groups is 1. The van der Waals surface area contributed by atoms with E-state index in [4.69, 9.17) is 0 Å². The zero-order valence-electron chi connectivity index (χ0n) is 17.7. The molecule has 0 atom stereocenters. The van der Waals surface area contributed by atoms with Gasteiger partial charge in [0.15, 0.2) is 11.6 Å². The van der Waals surface area contributed by atoms with E-state index in [0.717, 1.165) is 41.2 Å². The van der Waals surface area contributed by atoms with Crippen molar-refractivity contribution in [2.24, 2.45) is 5.92 Å². The van der Waals surface area contributed by atoms with Crippen LogP contribution in [0.5, 0.6) is 0 Å². The van der Waals surface area contributed by atoms with Crippen molar-refractivity contribution < 1.29 is 4.79 Å². The van der Waals surface area contributed by atoms with Crippen LogP contribution in [0.25, 0.3) is 5.82 Å². The van der Waals surface area contributed by atoms with Gasteiger partial charge in [-0.15, -0.1) is 10.2 Å². The number of nitrogens with one attached hydrogen (secondary N) is 2. The van der Waals surface area contributed by atoms with Crippen molar-refractivity contribution in [1.29, 1.82) is 0 Å². The van der Waals surface area contributed by atoms with Gasteiger partial charge >= 0.3 is 0 Å². The van der Waals surface area contributed by atoms with Crippen molar-refractivity contribution in [3.8, 4) is 5.82 Å². The molecular formula is C22H28N6O. The summed E-state index contributed by atoms with van der Waals surface area (Å²) in [5, 5.41) is 19.2. The number of benzene rings is 1. The summed E-state index contributed by atoms with van der Waals surface area (Å²) in [4.78, 5) is 12.2. The summed E-state index contributed by atoms with van der Waals surface area (Å²) >= 11 is 0. The molecule has 1 aromatic carbocycles. The Labute approximate surface area is 171 Å². The minimum absolute atomic E-state index is 0.0487. The van der Waals surface area contributed by atoms with Crippen LogP contribution in [0, 0.1) is 26.7 Å². The molecule has 152 valence electrons. The normalized spacial score (nSPS) is 11.0.